The molecule has 0 unspecified atom stereocenters. The van der Waals surface area contributed by atoms with Gasteiger partial charge in [0.1, 0.15) is 0 Å². The van der Waals surface area contributed by atoms with Gasteiger partial charge in [-0.25, -0.2) is 0 Å². The molecule has 106 valence electrons. The van der Waals surface area contributed by atoms with Crippen LogP contribution in [-0.4, -0.2) is 46.0 Å². The molecule has 1 aliphatic rings. The third-order valence-electron chi connectivity index (χ3n) is 3.35. The topological polar surface area (TPSA) is 68.9 Å². The van der Waals surface area contributed by atoms with Crippen LogP contribution in [0, 0.1) is 5.41 Å². The van der Waals surface area contributed by atoms with E-state index in [1.807, 2.05) is 6.92 Å². The van der Waals surface area contributed by atoms with Crippen LogP contribution in [0.4, 0.5) is 0 Å². The molecule has 1 saturated carbocycles. The van der Waals surface area contributed by atoms with Crippen LogP contribution in [-0.2, 0) is 9.47 Å². The zero-order valence-electron chi connectivity index (χ0n) is 11.7. The standard InChI is InChI=1S/C13H27N3O2/c1-3-18-9-4-8-15-12(14)16-11-13(5-6-13)7-10-17-2/h3-11H2,1-2H3,(H3,14,15,16). The molecule has 0 aromatic rings. The summed E-state index contributed by atoms with van der Waals surface area (Å²) in [6.45, 7) is 6.00. The number of aliphatic imine (C=N–C) groups is 1. The van der Waals surface area contributed by atoms with Crippen LogP contribution in [0.1, 0.15) is 32.6 Å². The normalized spacial score (nSPS) is 17.8. The van der Waals surface area contributed by atoms with Gasteiger partial charge in [0.2, 0.25) is 0 Å². The van der Waals surface area contributed by atoms with Gasteiger partial charge in [-0.1, -0.05) is 0 Å². The third kappa shape index (κ3) is 6.21. The summed E-state index contributed by atoms with van der Waals surface area (Å²) in [5.41, 5.74) is 6.19. The molecule has 0 aromatic carbocycles. The van der Waals surface area contributed by atoms with Gasteiger partial charge in [-0.3, -0.25) is 4.99 Å². The summed E-state index contributed by atoms with van der Waals surface area (Å²) >= 11 is 0. The largest absolute Gasteiger partial charge is 0.385 e. The molecule has 0 radical (unpaired) electrons. The van der Waals surface area contributed by atoms with Crippen LogP contribution in [0.3, 0.4) is 0 Å². The van der Waals surface area contributed by atoms with E-state index in [4.69, 9.17) is 15.2 Å². The molecule has 0 amide bonds. The lowest BCUT2D eigenvalue weighted by Crippen LogP contribution is -2.33. The van der Waals surface area contributed by atoms with Gasteiger partial charge in [0.05, 0.1) is 0 Å². The molecule has 0 aliphatic heterocycles. The van der Waals surface area contributed by atoms with E-state index in [9.17, 15) is 0 Å². The van der Waals surface area contributed by atoms with E-state index in [1.54, 1.807) is 7.11 Å². The summed E-state index contributed by atoms with van der Waals surface area (Å²) in [4.78, 5) is 4.42. The average molecular weight is 257 g/mol. The number of methoxy groups -OCH3 is 1. The summed E-state index contributed by atoms with van der Waals surface area (Å²) in [6, 6.07) is 0. The first-order chi connectivity index (χ1) is 8.72. The number of guanidine groups is 1. The van der Waals surface area contributed by atoms with Crippen LogP contribution in [0.15, 0.2) is 4.99 Å². The Morgan fingerprint density at radius 3 is 2.78 bits per heavy atom. The Hall–Kier alpha value is -0.810. The van der Waals surface area contributed by atoms with Crippen molar-refractivity contribution >= 4 is 5.96 Å². The predicted molar refractivity (Wildman–Crippen MR) is 73.8 cm³/mol. The Balaban J connectivity index is 2.09. The van der Waals surface area contributed by atoms with Gasteiger partial charge in [0, 0.05) is 40.0 Å². The van der Waals surface area contributed by atoms with Crippen molar-refractivity contribution in [3.63, 3.8) is 0 Å². The quantitative estimate of drug-likeness (QED) is 0.350. The Kier molecular flexibility index (Phi) is 7.05. The van der Waals surface area contributed by atoms with Crippen molar-refractivity contribution in [1.29, 1.82) is 0 Å². The van der Waals surface area contributed by atoms with Crippen molar-refractivity contribution in [3.8, 4) is 0 Å². The highest BCUT2D eigenvalue weighted by Crippen LogP contribution is 2.48. The van der Waals surface area contributed by atoms with Crippen molar-refractivity contribution < 1.29 is 9.47 Å². The molecule has 0 aromatic heterocycles. The number of nitrogens with zero attached hydrogens (tertiary/aromatic N) is 1. The fourth-order valence-corrected chi connectivity index (χ4v) is 1.83. The Bertz CT molecular complexity index is 253. The van der Waals surface area contributed by atoms with E-state index in [0.717, 1.165) is 45.8 Å². The lowest BCUT2D eigenvalue weighted by atomic mass is 10.0. The van der Waals surface area contributed by atoms with Crippen LogP contribution in [0.25, 0.3) is 0 Å². The predicted octanol–water partition coefficient (Wildman–Crippen LogP) is 1.13. The van der Waals surface area contributed by atoms with Gasteiger partial charge in [0.25, 0.3) is 0 Å². The minimum atomic E-state index is 0.369. The molecule has 1 fully saturated rings. The molecule has 0 saturated heterocycles. The Labute approximate surface area is 110 Å². The van der Waals surface area contributed by atoms with Crippen LogP contribution in [0.2, 0.25) is 0 Å². The highest BCUT2D eigenvalue weighted by atomic mass is 16.5. The van der Waals surface area contributed by atoms with Crippen molar-refractivity contribution in [2.75, 3.05) is 40.0 Å². The number of nitrogens with two attached hydrogens (primary N) is 1. The number of hydrogen-bond acceptors (Lipinski definition) is 3. The first-order valence-electron chi connectivity index (χ1n) is 6.83. The highest BCUT2D eigenvalue weighted by Gasteiger charge is 2.41. The molecular formula is C13H27N3O2. The molecule has 18 heavy (non-hydrogen) atoms. The molecule has 0 spiro atoms. The monoisotopic (exact) mass is 257 g/mol. The molecule has 3 N–H and O–H groups in total. The van der Waals surface area contributed by atoms with E-state index >= 15 is 0 Å². The zero-order valence-corrected chi connectivity index (χ0v) is 11.7. The second-order valence-corrected chi connectivity index (χ2v) is 4.92. The number of ether oxygens (including phenoxy) is 2. The second kappa shape index (κ2) is 8.32. The Morgan fingerprint density at radius 2 is 2.17 bits per heavy atom. The van der Waals surface area contributed by atoms with Gasteiger partial charge in [-0.05, 0) is 38.0 Å². The molecule has 5 heteroatoms. The van der Waals surface area contributed by atoms with Crippen molar-refractivity contribution in [2.24, 2.45) is 16.1 Å². The number of nitrogens with one attached hydrogen (secondary N) is 1. The van der Waals surface area contributed by atoms with Gasteiger partial charge < -0.3 is 20.5 Å². The maximum Gasteiger partial charge on any atom is 0.188 e. The van der Waals surface area contributed by atoms with Crippen LogP contribution in [0.5, 0.6) is 0 Å². The molecule has 1 aliphatic carbocycles. The summed E-state index contributed by atoms with van der Waals surface area (Å²) in [6.07, 6.45) is 4.54. The van der Waals surface area contributed by atoms with Crippen LogP contribution >= 0.6 is 0 Å². The smallest absolute Gasteiger partial charge is 0.188 e. The minimum absolute atomic E-state index is 0.369. The van der Waals surface area contributed by atoms with E-state index < -0.39 is 0 Å². The van der Waals surface area contributed by atoms with E-state index in [-0.39, 0.29) is 0 Å². The zero-order chi connectivity index (χ0) is 13.3. The SMILES string of the molecule is CCOCCCNC(N)=NCC1(CCOC)CC1. The van der Waals surface area contributed by atoms with Crippen molar-refractivity contribution in [3.05, 3.63) is 0 Å². The number of hydrogen-bond donors (Lipinski definition) is 2. The fraction of sp³-hybridized carbons (Fsp3) is 0.923. The maximum absolute atomic E-state index is 5.82. The molecule has 0 bridgehead atoms. The minimum Gasteiger partial charge on any atom is -0.385 e. The van der Waals surface area contributed by atoms with Crippen molar-refractivity contribution in [1.82, 2.24) is 5.32 Å². The van der Waals surface area contributed by atoms with Gasteiger partial charge >= 0.3 is 0 Å². The van der Waals surface area contributed by atoms with Crippen LogP contribution < -0.4 is 11.1 Å². The summed E-state index contributed by atoms with van der Waals surface area (Å²) < 4.78 is 10.4. The molecular weight excluding hydrogens is 230 g/mol. The summed E-state index contributed by atoms with van der Waals surface area (Å²) in [5, 5.41) is 3.11. The maximum atomic E-state index is 5.82. The lowest BCUT2D eigenvalue weighted by Gasteiger charge is -2.12. The van der Waals surface area contributed by atoms with Gasteiger partial charge in [-0.15, -0.1) is 0 Å². The lowest BCUT2D eigenvalue weighted by molar-refractivity contribution is 0.145. The van der Waals surface area contributed by atoms with E-state index in [1.165, 1.54) is 12.8 Å². The second-order valence-electron chi connectivity index (χ2n) is 4.92. The van der Waals surface area contributed by atoms with Crippen molar-refractivity contribution in [2.45, 2.75) is 32.6 Å². The fourth-order valence-electron chi connectivity index (χ4n) is 1.83. The summed E-state index contributed by atoms with van der Waals surface area (Å²) in [7, 11) is 1.74. The molecule has 5 nitrogen and oxygen atoms in total. The highest BCUT2D eigenvalue weighted by molar-refractivity contribution is 5.77. The first-order valence-corrected chi connectivity index (χ1v) is 6.83. The Morgan fingerprint density at radius 1 is 1.39 bits per heavy atom. The van der Waals surface area contributed by atoms with E-state index in [2.05, 4.69) is 10.3 Å². The van der Waals surface area contributed by atoms with Gasteiger partial charge in [0.15, 0.2) is 5.96 Å². The molecule has 1 rings (SSSR count). The molecule has 0 atom stereocenters. The average Bonchev–Trinajstić information content (AvgIpc) is 3.14. The number of rotatable bonds is 10. The van der Waals surface area contributed by atoms with E-state index in [0.29, 0.717) is 11.4 Å². The summed E-state index contributed by atoms with van der Waals surface area (Å²) in [5.74, 6) is 0.551. The third-order valence-corrected chi connectivity index (χ3v) is 3.35. The first kappa shape index (κ1) is 15.2. The molecule has 0 heterocycles. The van der Waals surface area contributed by atoms with Gasteiger partial charge in [-0.2, -0.15) is 0 Å².